The van der Waals surface area contributed by atoms with Crippen LogP contribution in [0, 0.1) is 0 Å². The molecule has 1 aliphatic carbocycles. The van der Waals surface area contributed by atoms with E-state index >= 15 is 0 Å². The summed E-state index contributed by atoms with van der Waals surface area (Å²) in [6.45, 7) is 0. The first-order valence-corrected chi connectivity index (χ1v) is 9.11. The molecule has 1 aromatic heterocycles. The molecule has 0 fully saturated rings. The number of carbonyl (C=O) groups is 1. The fourth-order valence-electron chi connectivity index (χ4n) is 3.18. The summed E-state index contributed by atoms with van der Waals surface area (Å²) in [5, 5.41) is 13.5. The molecular weight excluding hydrogens is 367 g/mol. The normalized spacial score (nSPS) is 13.5. The van der Waals surface area contributed by atoms with Crippen molar-refractivity contribution in [3.8, 4) is 11.5 Å². The molecule has 0 aliphatic heterocycles. The zero-order valence-corrected chi connectivity index (χ0v) is 15.4. The molecule has 1 heterocycles. The van der Waals surface area contributed by atoms with Crippen LogP contribution in [0.3, 0.4) is 0 Å². The highest BCUT2D eigenvalue weighted by Gasteiger charge is 2.22. The summed E-state index contributed by atoms with van der Waals surface area (Å²) < 4.78 is 5.90. The molecule has 3 aromatic rings. The second kappa shape index (κ2) is 7.71. The van der Waals surface area contributed by atoms with E-state index in [1.807, 2.05) is 36.4 Å². The summed E-state index contributed by atoms with van der Waals surface area (Å²) in [7, 11) is 5.76. The van der Waals surface area contributed by atoms with Crippen molar-refractivity contribution < 1.29 is 14.6 Å². The first-order chi connectivity index (χ1) is 14.0. The number of benzene rings is 2. The number of H-pyrrole nitrogens is 1. The molecular formula is C22H17BN2O4. The van der Waals surface area contributed by atoms with E-state index in [2.05, 4.69) is 10.3 Å². The third-order valence-corrected chi connectivity index (χ3v) is 4.59. The maximum absolute atomic E-state index is 12.8. The van der Waals surface area contributed by atoms with Crippen LogP contribution in [0.2, 0.25) is 0 Å². The molecule has 0 atom stereocenters. The minimum atomic E-state index is -0.733. The Kier molecular flexibility index (Phi) is 4.95. The SMILES string of the molecule is [B]c1ccc2[nH]c(=O)c(C(=O)NC3=C(Oc4ccccc4)CCC=C3)c(O)c2c1. The Morgan fingerprint density at radius 3 is 2.76 bits per heavy atom. The van der Waals surface area contributed by atoms with Crippen LogP contribution in [-0.4, -0.2) is 23.8 Å². The van der Waals surface area contributed by atoms with Crippen LogP contribution in [-0.2, 0) is 0 Å². The summed E-state index contributed by atoms with van der Waals surface area (Å²) in [4.78, 5) is 27.9. The van der Waals surface area contributed by atoms with Crippen molar-refractivity contribution in [2.45, 2.75) is 12.8 Å². The number of aromatic nitrogens is 1. The Morgan fingerprint density at radius 2 is 1.97 bits per heavy atom. The third kappa shape index (κ3) is 3.80. The summed E-state index contributed by atoms with van der Waals surface area (Å²) in [6, 6.07) is 13.9. The van der Waals surface area contributed by atoms with Crippen LogP contribution in [0.25, 0.3) is 10.9 Å². The standard InChI is InChI=1S/C22H17BN2O4/c23-13-10-11-16-15(12-13)20(26)19(21(27)24-16)22(28)25-17-8-4-5-9-18(17)29-14-6-2-1-3-7-14/h1-4,6-8,10-12H,5,9H2,(H,25,28)(H2,24,26,27). The summed E-state index contributed by atoms with van der Waals surface area (Å²) in [6.07, 6.45) is 4.99. The van der Waals surface area contributed by atoms with Crippen molar-refractivity contribution >= 4 is 30.1 Å². The molecule has 142 valence electrons. The number of pyridine rings is 1. The van der Waals surface area contributed by atoms with E-state index in [1.165, 1.54) is 6.07 Å². The quantitative estimate of drug-likeness (QED) is 0.603. The van der Waals surface area contributed by atoms with Gasteiger partial charge in [-0.3, -0.25) is 9.59 Å². The number of carbonyl (C=O) groups excluding carboxylic acids is 1. The summed E-state index contributed by atoms with van der Waals surface area (Å²) >= 11 is 0. The number of allylic oxidation sites excluding steroid dienone is 3. The van der Waals surface area contributed by atoms with E-state index in [0.717, 1.165) is 6.42 Å². The molecule has 0 unspecified atom stereocenters. The average Bonchev–Trinajstić information content (AvgIpc) is 2.71. The fourth-order valence-corrected chi connectivity index (χ4v) is 3.18. The van der Waals surface area contributed by atoms with E-state index in [-0.39, 0.29) is 5.56 Å². The Morgan fingerprint density at radius 1 is 1.17 bits per heavy atom. The number of rotatable bonds is 4. The van der Waals surface area contributed by atoms with Gasteiger partial charge in [0, 0.05) is 11.8 Å². The number of amides is 1. The second-order valence-corrected chi connectivity index (χ2v) is 6.63. The molecule has 29 heavy (non-hydrogen) atoms. The number of aromatic hydroxyl groups is 1. The maximum atomic E-state index is 12.8. The van der Waals surface area contributed by atoms with Crippen molar-refractivity contribution in [2.24, 2.45) is 0 Å². The summed E-state index contributed by atoms with van der Waals surface area (Å²) in [5.74, 6) is 0.0719. The number of ether oxygens (including phenoxy) is 1. The number of hydrogen-bond donors (Lipinski definition) is 3. The largest absolute Gasteiger partial charge is 0.506 e. The van der Waals surface area contributed by atoms with Gasteiger partial charge in [0.05, 0.1) is 11.2 Å². The van der Waals surface area contributed by atoms with E-state index in [4.69, 9.17) is 12.6 Å². The highest BCUT2D eigenvalue weighted by molar-refractivity contribution is 6.33. The van der Waals surface area contributed by atoms with Gasteiger partial charge in [-0.25, -0.2) is 0 Å². The lowest BCUT2D eigenvalue weighted by Crippen LogP contribution is -2.30. The molecule has 0 bridgehead atoms. The topological polar surface area (TPSA) is 91.4 Å². The van der Waals surface area contributed by atoms with Crippen LogP contribution in [0.5, 0.6) is 11.5 Å². The van der Waals surface area contributed by atoms with Gasteiger partial charge in [-0.05, 0) is 30.7 Å². The molecule has 6 nitrogen and oxygen atoms in total. The van der Waals surface area contributed by atoms with Gasteiger partial charge < -0.3 is 20.1 Å². The van der Waals surface area contributed by atoms with Crippen LogP contribution in [0.15, 0.2) is 76.9 Å². The van der Waals surface area contributed by atoms with Crippen molar-refractivity contribution in [1.82, 2.24) is 10.3 Å². The highest BCUT2D eigenvalue weighted by Crippen LogP contribution is 2.25. The van der Waals surface area contributed by atoms with E-state index in [0.29, 0.717) is 40.0 Å². The van der Waals surface area contributed by atoms with Crippen LogP contribution < -0.4 is 21.1 Å². The van der Waals surface area contributed by atoms with E-state index in [1.54, 1.807) is 18.2 Å². The van der Waals surface area contributed by atoms with Gasteiger partial charge >= 0.3 is 0 Å². The van der Waals surface area contributed by atoms with Crippen LogP contribution in [0.4, 0.5) is 0 Å². The van der Waals surface area contributed by atoms with Crippen molar-refractivity contribution in [1.29, 1.82) is 0 Å². The molecule has 2 aromatic carbocycles. The number of hydrogen-bond acceptors (Lipinski definition) is 4. The molecule has 0 saturated carbocycles. The molecule has 7 heteroatoms. The molecule has 0 spiro atoms. The van der Waals surface area contributed by atoms with Crippen LogP contribution >= 0.6 is 0 Å². The second-order valence-electron chi connectivity index (χ2n) is 6.63. The maximum Gasteiger partial charge on any atom is 0.265 e. The zero-order chi connectivity index (χ0) is 20.4. The first kappa shape index (κ1) is 18.6. The lowest BCUT2D eigenvalue weighted by atomic mass is 9.94. The Labute approximate surface area is 167 Å². The molecule has 3 N–H and O–H groups in total. The monoisotopic (exact) mass is 384 g/mol. The van der Waals surface area contributed by atoms with Crippen LogP contribution in [0.1, 0.15) is 23.2 Å². The predicted octanol–water partition coefficient (Wildman–Crippen LogP) is 2.40. The predicted molar refractivity (Wildman–Crippen MR) is 112 cm³/mol. The number of fused-ring (bicyclic) bond motifs is 1. The zero-order valence-electron chi connectivity index (χ0n) is 15.4. The smallest absolute Gasteiger partial charge is 0.265 e. The summed E-state index contributed by atoms with van der Waals surface area (Å²) in [5.41, 5.74) is 0.166. The lowest BCUT2D eigenvalue weighted by Gasteiger charge is -2.18. The number of nitrogens with one attached hydrogen (secondary N) is 2. The van der Waals surface area contributed by atoms with Gasteiger partial charge in [0.15, 0.2) is 0 Å². The molecule has 1 amide bonds. The van der Waals surface area contributed by atoms with Gasteiger partial charge in [0.2, 0.25) is 0 Å². The Balaban J connectivity index is 1.69. The minimum Gasteiger partial charge on any atom is -0.506 e. The van der Waals surface area contributed by atoms with Crippen molar-refractivity contribution in [2.75, 3.05) is 0 Å². The van der Waals surface area contributed by atoms with Gasteiger partial charge in [0.25, 0.3) is 11.5 Å². The van der Waals surface area contributed by atoms with Gasteiger partial charge in [-0.15, -0.1) is 0 Å². The van der Waals surface area contributed by atoms with E-state index < -0.39 is 17.2 Å². The number of para-hydroxylation sites is 1. The molecule has 0 saturated heterocycles. The lowest BCUT2D eigenvalue weighted by molar-refractivity contribution is 0.0961. The molecule has 2 radical (unpaired) electrons. The number of aromatic amines is 1. The van der Waals surface area contributed by atoms with Gasteiger partial charge in [-0.2, -0.15) is 0 Å². The molecule has 1 aliphatic rings. The fraction of sp³-hybridized carbons (Fsp3) is 0.0909. The first-order valence-electron chi connectivity index (χ1n) is 9.11. The molecule has 4 rings (SSSR count). The van der Waals surface area contributed by atoms with E-state index in [9.17, 15) is 14.7 Å². The Bertz CT molecular complexity index is 1210. The Hall–Kier alpha value is -3.74. The van der Waals surface area contributed by atoms with Crippen molar-refractivity contribution in [3.63, 3.8) is 0 Å². The van der Waals surface area contributed by atoms with Gasteiger partial charge in [-0.1, -0.05) is 41.9 Å². The highest BCUT2D eigenvalue weighted by atomic mass is 16.5. The third-order valence-electron chi connectivity index (χ3n) is 4.59. The average molecular weight is 384 g/mol. The van der Waals surface area contributed by atoms with Gasteiger partial charge in [0.1, 0.15) is 30.7 Å². The van der Waals surface area contributed by atoms with Crippen molar-refractivity contribution in [3.05, 3.63) is 88.1 Å². The minimum absolute atomic E-state index is 0.295.